The number of rotatable bonds is 32. The molecule has 7 rings (SSSR count). The van der Waals surface area contributed by atoms with Gasteiger partial charge in [0.1, 0.15) is 53.7 Å². The maximum atomic E-state index is 13.9. The Kier molecular flexibility index (Phi) is 25.4. The van der Waals surface area contributed by atoms with Gasteiger partial charge < -0.3 is 70.9 Å². The summed E-state index contributed by atoms with van der Waals surface area (Å²) < 4.78 is 21.9. The number of anilines is 4. The fourth-order valence-electron chi connectivity index (χ4n) is 10.4. The molecule has 9 N–H and O–H groups in total. The van der Waals surface area contributed by atoms with Crippen LogP contribution in [0.15, 0.2) is 88.7 Å². The van der Waals surface area contributed by atoms with Gasteiger partial charge in [-0.1, -0.05) is 50.3 Å². The molecule has 7 amide bonds. The van der Waals surface area contributed by atoms with E-state index in [1.807, 2.05) is 0 Å². The molecule has 4 aromatic rings. The topological polar surface area (TPSA) is 398 Å². The van der Waals surface area contributed by atoms with Gasteiger partial charge in [-0.2, -0.15) is 0 Å². The number of hydrogen-bond donors (Lipinski definition) is 9. The summed E-state index contributed by atoms with van der Waals surface area (Å²) in [6, 6.07) is 12.1. The van der Waals surface area contributed by atoms with E-state index in [0.717, 1.165) is 57.1 Å². The first-order chi connectivity index (χ1) is 43.9. The van der Waals surface area contributed by atoms with Crippen molar-refractivity contribution in [2.45, 2.75) is 160 Å². The third-order valence-corrected chi connectivity index (χ3v) is 15.1. The lowest BCUT2D eigenvalue weighted by molar-refractivity contribution is -0.271. The molecule has 496 valence electrons. The largest absolute Gasteiger partial charge is 0.479 e. The summed E-state index contributed by atoms with van der Waals surface area (Å²) in [5.41, 5.74) is -0.141. The average Bonchev–Trinajstić information content (AvgIpc) is 0.966. The van der Waals surface area contributed by atoms with Gasteiger partial charge in [-0.05, 0) is 101 Å². The van der Waals surface area contributed by atoms with Crippen LogP contribution in [0.5, 0.6) is 5.75 Å². The second-order valence-electron chi connectivity index (χ2n) is 23.2. The molecule has 0 unspecified atom stereocenters. The number of likely N-dealkylation sites (N-methyl/N-ethyl adjacent to an activating group) is 1. The van der Waals surface area contributed by atoms with Crippen LogP contribution in [-0.2, 0) is 65.6 Å². The Hall–Kier alpha value is -9.16. The minimum atomic E-state index is -2.05. The van der Waals surface area contributed by atoms with Crippen LogP contribution >= 0.6 is 0 Å². The van der Waals surface area contributed by atoms with E-state index < -0.39 is 121 Å². The molecule has 92 heavy (non-hydrogen) atoms. The van der Waals surface area contributed by atoms with Crippen LogP contribution in [0.3, 0.4) is 0 Å². The molecule has 2 fully saturated rings. The molecule has 3 aromatic carbocycles. The van der Waals surface area contributed by atoms with Crippen LogP contribution in [0.2, 0.25) is 0 Å². The molecular weight excluding hydrogens is 1200 g/mol. The van der Waals surface area contributed by atoms with E-state index in [1.165, 1.54) is 23.3 Å². The number of aliphatic hydroxyl groups excluding tert-OH is 3. The highest BCUT2D eigenvalue weighted by Gasteiger charge is 2.48. The fraction of sp³-hybridized carbons (Fsp3) is 0.492. The van der Waals surface area contributed by atoms with Crippen LogP contribution in [0.4, 0.5) is 27.5 Å². The number of aliphatic carboxylic acids is 1. The highest BCUT2D eigenvalue weighted by atomic mass is 16.7. The van der Waals surface area contributed by atoms with Crippen molar-refractivity contribution in [2.24, 2.45) is 0 Å². The number of carboxylic acid groups (broad SMARTS) is 1. The molecule has 1 saturated heterocycles. The maximum absolute atomic E-state index is 13.9. The van der Waals surface area contributed by atoms with E-state index in [4.69, 9.17) is 23.8 Å². The minimum Gasteiger partial charge on any atom is -0.479 e. The third kappa shape index (κ3) is 19.7. The first-order valence-corrected chi connectivity index (χ1v) is 30.5. The lowest BCUT2D eigenvalue weighted by Gasteiger charge is -2.38. The molecule has 29 heteroatoms. The number of hydroxylamine groups is 2. The lowest BCUT2D eigenvalue weighted by Crippen LogP contribution is -2.61. The van der Waals surface area contributed by atoms with Crippen molar-refractivity contribution in [1.82, 2.24) is 30.5 Å². The van der Waals surface area contributed by atoms with Crippen molar-refractivity contribution in [1.29, 1.82) is 0 Å². The van der Waals surface area contributed by atoms with Gasteiger partial charge in [-0.25, -0.2) is 14.7 Å². The number of carbonyl (C=O) groups excluding carboxylic acids is 8. The number of aromatic nitrogens is 1. The summed E-state index contributed by atoms with van der Waals surface area (Å²) in [5, 5.41) is 56.0. The number of nitrogens with one attached hydrogen (secondary N) is 5. The minimum absolute atomic E-state index is 0.0454. The Balaban J connectivity index is 0.914. The van der Waals surface area contributed by atoms with Gasteiger partial charge in [0.25, 0.3) is 28.6 Å². The van der Waals surface area contributed by atoms with E-state index in [2.05, 4.69) is 31.6 Å². The number of amides is 7. The molecule has 6 atom stereocenters. The number of hydrogen-bond acceptors (Lipinski definition) is 22. The first kappa shape index (κ1) is 70.3. The Morgan fingerprint density at radius 3 is 2.20 bits per heavy atom. The Morgan fingerprint density at radius 2 is 1.50 bits per heavy atom. The number of unbranched alkanes of at least 4 members (excludes halogenated alkanes) is 3. The van der Waals surface area contributed by atoms with Crippen molar-refractivity contribution >= 4 is 76.2 Å². The number of aliphatic hydroxyl groups is 3. The quantitative estimate of drug-likeness (QED) is 0.0112. The molecule has 0 radical (unpaired) electrons. The lowest BCUT2D eigenvalue weighted by atomic mass is 9.95. The SMILES string of the molecule is CCN(CCON(C(=O)CCCCCCNc1c(Nc2ccncc2)c(=O)c1=O)C1CCCCC1)C(=O)c1cccc(CC(=O)OCc2ccc(O[C@@H]3O[C@H](C(=O)O)[C@@H](O)[C@H](O)[C@H]3O)c(NC(=O)CCNC(=O)[C@H](CNC(=O)OC(C)(C)C)N3C(=O)C=CC3=O)c2)c1. The third-order valence-electron chi connectivity index (χ3n) is 15.1. The number of ether oxygens (including phenoxy) is 4. The van der Waals surface area contributed by atoms with E-state index in [-0.39, 0.29) is 77.8 Å². The Bertz CT molecular complexity index is 3360. The van der Waals surface area contributed by atoms with E-state index in [9.17, 15) is 73.2 Å². The maximum Gasteiger partial charge on any atom is 0.407 e. The molecule has 3 aliphatic rings. The summed E-state index contributed by atoms with van der Waals surface area (Å²) in [7, 11) is 0. The predicted octanol–water partition coefficient (Wildman–Crippen LogP) is 2.86. The molecule has 0 spiro atoms. The van der Waals surface area contributed by atoms with Gasteiger partial charge in [0.05, 0.1) is 31.3 Å². The van der Waals surface area contributed by atoms with Gasteiger partial charge in [0.15, 0.2) is 6.10 Å². The Morgan fingerprint density at radius 1 is 0.793 bits per heavy atom. The highest BCUT2D eigenvalue weighted by molar-refractivity contribution is 6.15. The van der Waals surface area contributed by atoms with E-state index in [0.29, 0.717) is 42.1 Å². The molecular formula is C63H79N9O20. The number of carboxylic acids is 1. The molecule has 3 heterocycles. The number of benzene rings is 2. The summed E-state index contributed by atoms with van der Waals surface area (Å²) >= 11 is 0. The normalized spacial score (nSPS) is 18.6. The fourth-order valence-corrected chi connectivity index (χ4v) is 10.4. The zero-order valence-electron chi connectivity index (χ0n) is 51.6. The Labute approximate surface area is 529 Å². The summed E-state index contributed by atoms with van der Waals surface area (Å²) in [5.74, 6) is -6.51. The standard InChI is InChI=1S/C63H79N9O20/c1-5-70(30-31-89-72(41-16-9-8-10-17-41)48(76)18-11-6-7-12-26-65-50-51(53(79)52(50)78)68-40-23-27-64-28-24-40)59(84)39-15-13-14-37(32-39)34-49(77)88-36-38-19-20-44(90-61-56(82)54(80)55(81)57(91-61)60(85)86)42(33-38)69-45(73)25-29-66-58(83)43(71-46(74)21-22-47(71)75)35-67-62(87)92-63(2,3)4/h13-15,19-24,27-28,32-33,41,43,54-57,61,65,80-82H,5-12,16-18,25-26,29-31,34-36H2,1-4H3,(H,64,68)(H,66,83)(H,67,87)(H,69,73)(H,85,86)/t43-,54-,55-,56+,57-,61+/m0/s1. The second-order valence-corrected chi connectivity index (χ2v) is 23.2. The van der Waals surface area contributed by atoms with Crippen molar-refractivity contribution in [3.63, 3.8) is 0 Å². The van der Waals surface area contributed by atoms with Crippen molar-refractivity contribution in [3.8, 4) is 5.75 Å². The van der Waals surface area contributed by atoms with E-state index in [1.54, 1.807) is 81.4 Å². The summed E-state index contributed by atoms with van der Waals surface area (Å²) in [6.07, 6.45) is 0.998. The number of nitrogens with zero attached hydrogens (tertiary/aromatic N) is 4. The zero-order valence-corrected chi connectivity index (χ0v) is 51.6. The average molecular weight is 1280 g/mol. The van der Waals surface area contributed by atoms with Crippen LogP contribution in [0.25, 0.3) is 0 Å². The van der Waals surface area contributed by atoms with Gasteiger partial charge in [-0.3, -0.25) is 57.9 Å². The second kappa shape index (κ2) is 33.2. The van der Waals surface area contributed by atoms with Gasteiger partial charge in [-0.15, -0.1) is 0 Å². The molecule has 1 saturated carbocycles. The number of alkyl carbamates (subject to hydrolysis) is 1. The summed E-state index contributed by atoms with van der Waals surface area (Å²) in [6.45, 7) is 6.26. The van der Waals surface area contributed by atoms with Gasteiger partial charge in [0, 0.05) is 74.8 Å². The highest BCUT2D eigenvalue weighted by Crippen LogP contribution is 2.32. The van der Waals surface area contributed by atoms with Crippen molar-refractivity contribution in [2.75, 3.05) is 55.3 Å². The van der Waals surface area contributed by atoms with Crippen LogP contribution in [-0.4, -0.2) is 181 Å². The van der Waals surface area contributed by atoms with Crippen LogP contribution in [0.1, 0.15) is 120 Å². The number of pyridine rings is 1. The van der Waals surface area contributed by atoms with Crippen LogP contribution < -0.4 is 42.2 Å². The first-order valence-electron chi connectivity index (χ1n) is 30.5. The smallest absolute Gasteiger partial charge is 0.407 e. The number of imide groups is 1. The summed E-state index contributed by atoms with van der Waals surface area (Å²) in [4.78, 5) is 154. The predicted molar refractivity (Wildman–Crippen MR) is 328 cm³/mol. The number of esters is 1. The van der Waals surface area contributed by atoms with Crippen molar-refractivity contribution < 1.29 is 87.4 Å². The molecule has 1 aromatic heterocycles. The van der Waals surface area contributed by atoms with Crippen molar-refractivity contribution in [3.05, 3.63) is 116 Å². The monoisotopic (exact) mass is 1280 g/mol. The molecule has 2 aliphatic heterocycles. The van der Waals surface area contributed by atoms with Gasteiger partial charge in [0.2, 0.25) is 24.0 Å². The molecule has 1 aliphatic carbocycles. The zero-order chi connectivity index (χ0) is 66.6. The van der Waals surface area contributed by atoms with Gasteiger partial charge >= 0.3 is 18.0 Å². The molecule has 29 nitrogen and oxygen atoms in total. The van der Waals surface area contributed by atoms with E-state index >= 15 is 0 Å². The number of carbonyl (C=O) groups is 9. The molecule has 0 bridgehead atoms. The van der Waals surface area contributed by atoms with Crippen LogP contribution in [0, 0.1) is 0 Å².